The van der Waals surface area contributed by atoms with Gasteiger partial charge in [0.2, 0.25) is 0 Å². The highest BCUT2D eigenvalue weighted by molar-refractivity contribution is 5.94. The van der Waals surface area contributed by atoms with Crippen molar-refractivity contribution >= 4 is 11.7 Å². The number of aliphatic hydroxyl groups is 3. The highest BCUT2D eigenvalue weighted by Gasteiger charge is 2.48. The lowest BCUT2D eigenvalue weighted by Gasteiger charge is -2.19. The Kier molecular flexibility index (Phi) is 5.31. The Hall–Kier alpha value is -2.01. The molecule has 1 saturated heterocycles. The minimum atomic E-state index is -1.61. The lowest BCUT2D eigenvalue weighted by Crippen LogP contribution is -2.44. The molecule has 1 amide bonds. The number of ketones is 1. The second-order valence-electron chi connectivity index (χ2n) is 5.27. The zero-order valence-corrected chi connectivity index (χ0v) is 12.3. The molecule has 5 atom stereocenters. The molecule has 0 radical (unpaired) electrons. The van der Waals surface area contributed by atoms with Crippen molar-refractivity contribution in [1.29, 1.82) is 0 Å². The molecule has 0 saturated carbocycles. The number of aliphatic hydroxyl groups excluding tert-OH is 3. The smallest absolute Gasteiger partial charge is 0.275 e. The average Bonchev–Trinajstić information content (AvgIpc) is 3.05. The van der Waals surface area contributed by atoms with Gasteiger partial charge >= 0.3 is 0 Å². The van der Waals surface area contributed by atoms with E-state index in [2.05, 4.69) is 15.5 Å². The van der Waals surface area contributed by atoms with Crippen molar-refractivity contribution in [3.8, 4) is 5.75 Å². The Bertz CT molecular complexity index is 576. The van der Waals surface area contributed by atoms with Gasteiger partial charge in [-0.2, -0.15) is 5.10 Å². The van der Waals surface area contributed by atoms with Crippen molar-refractivity contribution in [2.24, 2.45) is 0 Å². The maximum atomic E-state index is 11.9. The van der Waals surface area contributed by atoms with Crippen LogP contribution in [0, 0.1) is 0 Å². The van der Waals surface area contributed by atoms with Crippen LogP contribution < -0.4 is 5.32 Å². The number of amides is 1. The number of aromatic hydroxyl groups is 1. The summed E-state index contributed by atoms with van der Waals surface area (Å²) in [4.78, 5) is 23.6. The van der Waals surface area contributed by atoms with E-state index in [9.17, 15) is 30.0 Å². The number of H-pyrrole nitrogens is 1. The molecule has 10 nitrogen and oxygen atoms in total. The standard InChI is InChI=1S/C13H19N3O7/c1-2-3-5(17)8(19)11-9(20)10(21)13(23-11)15-12(22)7-6(18)4-14-16-7/h4,8-11,13,18-21H,2-3H2,1H3,(H,14,16)(H,15,22)/t8?,9-,10-,11-,13?/m1/s1. The number of rotatable bonds is 6. The van der Waals surface area contributed by atoms with Crippen molar-refractivity contribution in [3.05, 3.63) is 11.9 Å². The van der Waals surface area contributed by atoms with Gasteiger partial charge in [0.05, 0.1) is 6.20 Å². The zero-order chi connectivity index (χ0) is 17.1. The first-order valence-electron chi connectivity index (χ1n) is 7.12. The van der Waals surface area contributed by atoms with Gasteiger partial charge in [0.15, 0.2) is 23.5 Å². The molecule has 2 unspecified atom stereocenters. The molecule has 10 heteroatoms. The van der Waals surface area contributed by atoms with Crippen LogP contribution in [0.4, 0.5) is 0 Å². The zero-order valence-electron chi connectivity index (χ0n) is 12.3. The minimum Gasteiger partial charge on any atom is -0.504 e. The maximum Gasteiger partial charge on any atom is 0.275 e. The van der Waals surface area contributed by atoms with Crippen LogP contribution in [0.25, 0.3) is 0 Å². The Balaban J connectivity index is 2.03. The van der Waals surface area contributed by atoms with Crippen molar-refractivity contribution < 1.29 is 34.8 Å². The van der Waals surface area contributed by atoms with Gasteiger partial charge in [-0.25, -0.2) is 0 Å². The Morgan fingerprint density at radius 1 is 1.43 bits per heavy atom. The predicted octanol–water partition coefficient (Wildman–Crippen LogP) is -1.98. The third-order valence-corrected chi connectivity index (χ3v) is 3.56. The molecule has 2 heterocycles. The largest absolute Gasteiger partial charge is 0.504 e. The van der Waals surface area contributed by atoms with Gasteiger partial charge in [-0.1, -0.05) is 6.92 Å². The van der Waals surface area contributed by atoms with Crippen LogP contribution in [0.15, 0.2) is 6.20 Å². The highest BCUT2D eigenvalue weighted by Crippen LogP contribution is 2.24. The van der Waals surface area contributed by atoms with E-state index in [0.717, 1.165) is 6.20 Å². The van der Waals surface area contributed by atoms with E-state index in [1.807, 2.05) is 0 Å². The molecule has 1 aromatic rings. The SMILES string of the molecule is CCCC(=O)C(O)[C@H]1OC(NC(=O)c2[nH]ncc2O)[C@H](O)[C@H]1O. The number of aromatic amines is 1. The number of carbonyl (C=O) groups is 2. The summed E-state index contributed by atoms with van der Waals surface area (Å²) in [7, 11) is 0. The number of nitrogens with one attached hydrogen (secondary N) is 2. The van der Waals surface area contributed by atoms with Crippen LogP contribution in [0.5, 0.6) is 5.75 Å². The number of nitrogens with zero attached hydrogens (tertiary/aromatic N) is 1. The molecule has 128 valence electrons. The van der Waals surface area contributed by atoms with Gasteiger partial charge in [-0.05, 0) is 6.42 Å². The number of hydrogen-bond donors (Lipinski definition) is 6. The lowest BCUT2D eigenvalue weighted by molar-refractivity contribution is -0.139. The molecule has 0 aliphatic carbocycles. The number of ether oxygens (including phenoxy) is 1. The summed E-state index contributed by atoms with van der Waals surface area (Å²) in [5.41, 5.74) is -0.249. The van der Waals surface area contributed by atoms with Crippen molar-refractivity contribution in [2.45, 2.75) is 50.4 Å². The summed E-state index contributed by atoms with van der Waals surface area (Å²) in [5, 5.41) is 47.1. The van der Waals surface area contributed by atoms with Gasteiger partial charge in [-0.15, -0.1) is 0 Å². The van der Waals surface area contributed by atoms with Gasteiger partial charge < -0.3 is 30.5 Å². The normalized spacial score (nSPS) is 28.5. The summed E-state index contributed by atoms with van der Waals surface area (Å²) in [6.45, 7) is 1.76. The number of Topliss-reactive ketones (excluding diaryl/α,β-unsaturated/α-hetero) is 1. The van der Waals surface area contributed by atoms with E-state index >= 15 is 0 Å². The predicted molar refractivity (Wildman–Crippen MR) is 74.3 cm³/mol. The molecule has 0 spiro atoms. The number of carbonyl (C=O) groups excluding carboxylic acids is 2. The van der Waals surface area contributed by atoms with E-state index < -0.39 is 48.1 Å². The van der Waals surface area contributed by atoms with E-state index in [0.29, 0.717) is 6.42 Å². The molecule has 6 N–H and O–H groups in total. The Morgan fingerprint density at radius 3 is 2.70 bits per heavy atom. The van der Waals surface area contributed by atoms with E-state index in [1.165, 1.54) is 0 Å². The molecule has 23 heavy (non-hydrogen) atoms. The van der Waals surface area contributed by atoms with Crippen LogP contribution in [-0.2, 0) is 9.53 Å². The molecule has 0 aromatic carbocycles. The molecule has 1 aliphatic heterocycles. The topological polar surface area (TPSA) is 165 Å². The second kappa shape index (κ2) is 7.04. The van der Waals surface area contributed by atoms with Crippen LogP contribution in [0.3, 0.4) is 0 Å². The van der Waals surface area contributed by atoms with Gasteiger partial charge in [0.25, 0.3) is 5.91 Å². The first kappa shape index (κ1) is 17.3. The Morgan fingerprint density at radius 2 is 2.13 bits per heavy atom. The summed E-state index contributed by atoms with van der Waals surface area (Å²) < 4.78 is 5.21. The van der Waals surface area contributed by atoms with Crippen LogP contribution in [-0.4, -0.2) is 73.0 Å². The highest BCUT2D eigenvalue weighted by atomic mass is 16.6. The Labute approximate surface area is 131 Å². The summed E-state index contributed by atoms with van der Waals surface area (Å²) in [6.07, 6.45) is -5.78. The first-order valence-corrected chi connectivity index (χ1v) is 7.12. The molecule has 0 bridgehead atoms. The minimum absolute atomic E-state index is 0.100. The molecule has 1 aliphatic rings. The summed E-state index contributed by atoms with van der Waals surface area (Å²) in [5.74, 6) is -1.75. The van der Waals surface area contributed by atoms with Gasteiger partial charge in [-0.3, -0.25) is 14.7 Å². The molecular formula is C13H19N3O7. The monoisotopic (exact) mass is 329 g/mol. The third kappa shape index (κ3) is 3.50. The second-order valence-corrected chi connectivity index (χ2v) is 5.27. The fraction of sp³-hybridized carbons (Fsp3) is 0.615. The van der Waals surface area contributed by atoms with Gasteiger partial charge in [0.1, 0.15) is 24.4 Å². The van der Waals surface area contributed by atoms with Crippen LogP contribution in [0.2, 0.25) is 0 Å². The van der Waals surface area contributed by atoms with Crippen molar-refractivity contribution in [2.75, 3.05) is 0 Å². The fourth-order valence-electron chi connectivity index (χ4n) is 2.31. The number of aromatic nitrogens is 2. The van der Waals surface area contributed by atoms with Gasteiger partial charge in [0, 0.05) is 6.42 Å². The van der Waals surface area contributed by atoms with E-state index in [4.69, 9.17) is 4.74 Å². The number of hydrogen-bond acceptors (Lipinski definition) is 8. The molecule has 2 rings (SSSR count). The third-order valence-electron chi connectivity index (χ3n) is 3.56. The molecule has 1 fully saturated rings. The summed E-state index contributed by atoms with van der Waals surface area (Å²) >= 11 is 0. The van der Waals surface area contributed by atoms with Crippen molar-refractivity contribution in [3.63, 3.8) is 0 Å². The van der Waals surface area contributed by atoms with Crippen molar-refractivity contribution in [1.82, 2.24) is 15.5 Å². The van der Waals surface area contributed by atoms with Crippen LogP contribution >= 0.6 is 0 Å². The average molecular weight is 329 g/mol. The molecule has 1 aromatic heterocycles. The lowest BCUT2D eigenvalue weighted by atomic mass is 10.0. The maximum absolute atomic E-state index is 11.9. The van der Waals surface area contributed by atoms with E-state index in [1.54, 1.807) is 6.92 Å². The fourth-order valence-corrected chi connectivity index (χ4v) is 2.31. The first-order chi connectivity index (χ1) is 10.9. The summed E-state index contributed by atoms with van der Waals surface area (Å²) in [6, 6.07) is 0. The van der Waals surface area contributed by atoms with Crippen LogP contribution in [0.1, 0.15) is 30.3 Å². The molecular weight excluding hydrogens is 310 g/mol. The van der Waals surface area contributed by atoms with E-state index in [-0.39, 0.29) is 12.1 Å². The quantitative estimate of drug-likeness (QED) is 0.349.